The third-order valence-electron chi connectivity index (χ3n) is 5.26. The third kappa shape index (κ3) is 3.72. The van der Waals surface area contributed by atoms with E-state index in [1.54, 1.807) is 11.3 Å². The van der Waals surface area contributed by atoms with Gasteiger partial charge in [0.05, 0.1) is 16.0 Å². The zero-order valence-corrected chi connectivity index (χ0v) is 16.1. The number of para-hydroxylation sites is 1. The van der Waals surface area contributed by atoms with Crippen molar-refractivity contribution < 1.29 is 9.59 Å². The minimum atomic E-state index is -0.179. The molecule has 4 rings (SSSR count). The first-order valence-corrected chi connectivity index (χ1v) is 10.7. The molecule has 138 valence electrons. The van der Waals surface area contributed by atoms with E-state index in [2.05, 4.69) is 16.0 Å². The van der Waals surface area contributed by atoms with Crippen LogP contribution in [0.2, 0.25) is 0 Å². The molecule has 0 aliphatic carbocycles. The van der Waals surface area contributed by atoms with Gasteiger partial charge in [0.1, 0.15) is 0 Å². The summed E-state index contributed by atoms with van der Waals surface area (Å²) in [5, 5.41) is 0. The average molecular weight is 391 g/mol. The molecule has 0 saturated carbocycles. The van der Waals surface area contributed by atoms with Gasteiger partial charge in [-0.2, -0.15) is 0 Å². The quantitative estimate of drug-likeness (QED) is 0.788. The normalized spacial score (nSPS) is 19.6. The molecule has 0 unspecified atom stereocenters. The summed E-state index contributed by atoms with van der Waals surface area (Å²) in [7, 11) is 0. The molecule has 0 spiro atoms. The Morgan fingerprint density at radius 2 is 1.96 bits per heavy atom. The summed E-state index contributed by atoms with van der Waals surface area (Å²) in [6.07, 6.45) is 1.68. The maximum absolute atomic E-state index is 12.4. The number of hydrogen-bond donors (Lipinski definition) is 1. The van der Waals surface area contributed by atoms with Crippen molar-refractivity contribution in [2.75, 3.05) is 31.9 Å². The van der Waals surface area contributed by atoms with Crippen LogP contribution >= 0.6 is 23.1 Å². The molecule has 1 aromatic carbocycles. The predicted octanol–water partition coefficient (Wildman–Crippen LogP) is 1.80. The maximum atomic E-state index is 12.4. The molecule has 2 aliphatic heterocycles. The monoisotopic (exact) mass is 390 g/mol. The fourth-order valence-corrected chi connectivity index (χ4v) is 5.54. The van der Waals surface area contributed by atoms with Crippen molar-refractivity contribution in [2.45, 2.75) is 23.2 Å². The number of amides is 2. The highest BCUT2D eigenvalue weighted by Crippen LogP contribution is 2.30. The number of carbonyl (C=O) groups is 2. The largest absolute Gasteiger partial charge is 0.369 e. The molecule has 2 amide bonds. The highest BCUT2D eigenvalue weighted by atomic mass is 32.2. The van der Waals surface area contributed by atoms with Crippen molar-refractivity contribution in [2.24, 2.45) is 11.7 Å². The van der Waals surface area contributed by atoms with Crippen LogP contribution in [0, 0.1) is 5.92 Å². The van der Waals surface area contributed by atoms with E-state index in [1.807, 2.05) is 23.1 Å². The van der Waals surface area contributed by atoms with Gasteiger partial charge >= 0.3 is 0 Å². The summed E-state index contributed by atoms with van der Waals surface area (Å²) in [4.78, 5) is 32.5. The van der Waals surface area contributed by atoms with Gasteiger partial charge in [0, 0.05) is 25.0 Å². The van der Waals surface area contributed by atoms with Crippen LogP contribution in [-0.4, -0.2) is 64.6 Å². The molecule has 2 aromatic rings. The lowest BCUT2D eigenvalue weighted by Crippen LogP contribution is -2.62. The van der Waals surface area contributed by atoms with Gasteiger partial charge in [-0.25, -0.2) is 4.98 Å². The van der Waals surface area contributed by atoms with Crippen LogP contribution in [0.1, 0.15) is 12.8 Å². The fourth-order valence-electron chi connectivity index (χ4n) is 3.57. The first-order chi connectivity index (χ1) is 12.6. The number of piperidine rings is 1. The number of benzene rings is 1. The smallest absolute Gasteiger partial charge is 0.233 e. The van der Waals surface area contributed by atoms with E-state index in [9.17, 15) is 9.59 Å². The average Bonchev–Trinajstić information content (AvgIpc) is 3.02. The lowest BCUT2D eigenvalue weighted by molar-refractivity contribution is -0.136. The Morgan fingerprint density at radius 3 is 2.65 bits per heavy atom. The number of thiazole rings is 1. The molecule has 2 N–H and O–H groups in total. The topological polar surface area (TPSA) is 79.5 Å². The van der Waals surface area contributed by atoms with Gasteiger partial charge in [-0.1, -0.05) is 23.9 Å². The van der Waals surface area contributed by atoms with Gasteiger partial charge in [-0.3, -0.25) is 14.5 Å². The van der Waals surface area contributed by atoms with E-state index in [-0.39, 0.29) is 17.7 Å². The lowest BCUT2D eigenvalue weighted by Gasteiger charge is -2.47. The molecule has 0 radical (unpaired) electrons. The Balaban J connectivity index is 1.22. The standard InChI is InChI=1S/C18H22N4O2S2/c19-17(24)12-5-7-21(8-6-12)13-9-22(10-13)16(23)11-25-18-20-14-3-1-2-4-15(14)26-18/h1-4,12-13H,5-11H2,(H2,19,24). The molecule has 0 bridgehead atoms. The molecule has 0 atom stereocenters. The molecular formula is C18H22N4O2S2. The zero-order chi connectivity index (χ0) is 18.1. The molecule has 2 aliphatic rings. The van der Waals surface area contributed by atoms with Crippen molar-refractivity contribution in [3.05, 3.63) is 24.3 Å². The number of rotatable bonds is 5. The Kier molecular flexibility index (Phi) is 5.15. The van der Waals surface area contributed by atoms with E-state index >= 15 is 0 Å². The van der Waals surface area contributed by atoms with Gasteiger partial charge in [0.2, 0.25) is 11.8 Å². The van der Waals surface area contributed by atoms with E-state index < -0.39 is 0 Å². The van der Waals surface area contributed by atoms with Crippen LogP contribution in [0.4, 0.5) is 0 Å². The second kappa shape index (κ2) is 7.54. The van der Waals surface area contributed by atoms with Crippen LogP contribution in [0.5, 0.6) is 0 Å². The first kappa shape index (κ1) is 17.8. The van der Waals surface area contributed by atoms with Gasteiger partial charge in [-0.15, -0.1) is 11.3 Å². The zero-order valence-electron chi connectivity index (χ0n) is 14.5. The van der Waals surface area contributed by atoms with Gasteiger partial charge < -0.3 is 10.6 Å². The summed E-state index contributed by atoms with van der Waals surface area (Å²) in [6, 6.07) is 8.47. The van der Waals surface area contributed by atoms with Crippen molar-refractivity contribution in [3.63, 3.8) is 0 Å². The number of nitrogens with zero attached hydrogens (tertiary/aromatic N) is 3. The van der Waals surface area contributed by atoms with Crippen molar-refractivity contribution in [3.8, 4) is 0 Å². The molecule has 2 saturated heterocycles. The Morgan fingerprint density at radius 1 is 1.23 bits per heavy atom. The predicted molar refractivity (Wildman–Crippen MR) is 104 cm³/mol. The minimum absolute atomic E-state index is 0.0225. The van der Waals surface area contributed by atoms with E-state index in [0.717, 1.165) is 53.6 Å². The fraction of sp³-hybridized carbons (Fsp3) is 0.500. The number of thioether (sulfide) groups is 1. The van der Waals surface area contributed by atoms with Crippen LogP contribution in [-0.2, 0) is 9.59 Å². The van der Waals surface area contributed by atoms with E-state index in [1.165, 1.54) is 11.8 Å². The number of carbonyl (C=O) groups excluding carboxylic acids is 2. The summed E-state index contributed by atoms with van der Waals surface area (Å²) in [5.41, 5.74) is 6.38. The number of hydrogen-bond acceptors (Lipinski definition) is 6. The Bertz CT molecular complexity index is 777. The van der Waals surface area contributed by atoms with E-state index in [0.29, 0.717) is 11.8 Å². The van der Waals surface area contributed by atoms with Gasteiger partial charge in [0.15, 0.2) is 4.34 Å². The third-order valence-corrected chi connectivity index (χ3v) is 7.42. The highest BCUT2D eigenvalue weighted by molar-refractivity contribution is 8.01. The second-order valence-electron chi connectivity index (χ2n) is 6.90. The van der Waals surface area contributed by atoms with Crippen LogP contribution in [0.3, 0.4) is 0 Å². The van der Waals surface area contributed by atoms with Crippen molar-refractivity contribution in [1.29, 1.82) is 0 Å². The SMILES string of the molecule is NC(=O)C1CCN(C2CN(C(=O)CSc3nc4ccccc4s3)C2)CC1. The molecule has 3 heterocycles. The number of primary amides is 1. The van der Waals surface area contributed by atoms with E-state index in [4.69, 9.17) is 5.73 Å². The lowest BCUT2D eigenvalue weighted by atomic mass is 9.94. The summed E-state index contributed by atoms with van der Waals surface area (Å²) >= 11 is 3.16. The van der Waals surface area contributed by atoms with Gasteiger partial charge in [-0.05, 0) is 38.1 Å². The van der Waals surface area contributed by atoms with Crippen molar-refractivity contribution >= 4 is 45.1 Å². The van der Waals surface area contributed by atoms with Crippen LogP contribution in [0.15, 0.2) is 28.6 Å². The molecule has 8 heteroatoms. The number of likely N-dealkylation sites (tertiary alicyclic amines) is 2. The van der Waals surface area contributed by atoms with Gasteiger partial charge in [0.25, 0.3) is 0 Å². The molecule has 1 aromatic heterocycles. The molecular weight excluding hydrogens is 368 g/mol. The summed E-state index contributed by atoms with van der Waals surface area (Å²) < 4.78 is 2.11. The summed E-state index contributed by atoms with van der Waals surface area (Å²) in [6.45, 7) is 3.39. The molecule has 6 nitrogen and oxygen atoms in total. The minimum Gasteiger partial charge on any atom is -0.369 e. The number of aromatic nitrogens is 1. The highest BCUT2D eigenvalue weighted by Gasteiger charge is 2.36. The number of fused-ring (bicyclic) bond motifs is 1. The number of nitrogens with two attached hydrogens (primary N) is 1. The second-order valence-corrected chi connectivity index (χ2v) is 9.15. The molecule has 26 heavy (non-hydrogen) atoms. The maximum Gasteiger partial charge on any atom is 0.233 e. The first-order valence-electron chi connectivity index (χ1n) is 8.89. The van der Waals surface area contributed by atoms with Crippen LogP contribution in [0.25, 0.3) is 10.2 Å². The van der Waals surface area contributed by atoms with Crippen molar-refractivity contribution in [1.82, 2.24) is 14.8 Å². The van der Waals surface area contributed by atoms with Crippen LogP contribution < -0.4 is 5.73 Å². The Hall–Kier alpha value is -1.64. The Labute approximate surface area is 160 Å². The summed E-state index contributed by atoms with van der Waals surface area (Å²) in [5.74, 6) is 0.463. The molecule has 2 fully saturated rings.